The van der Waals surface area contributed by atoms with Crippen LogP contribution in [0.2, 0.25) is 0 Å². The van der Waals surface area contributed by atoms with Gasteiger partial charge in [-0.1, -0.05) is 25.1 Å². The lowest BCUT2D eigenvalue weighted by atomic mass is 9.92. The average Bonchev–Trinajstić information content (AvgIpc) is 2.48. The summed E-state index contributed by atoms with van der Waals surface area (Å²) < 4.78 is 5.81. The van der Waals surface area contributed by atoms with E-state index in [2.05, 4.69) is 6.92 Å². The topological polar surface area (TPSA) is 55.6 Å². The Labute approximate surface area is 145 Å². The number of hydrogen-bond acceptors (Lipinski definition) is 3. The highest BCUT2D eigenvalue weighted by atomic mass is 35.5. The van der Waals surface area contributed by atoms with E-state index < -0.39 is 0 Å². The summed E-state index contributed by atoms with van der Waals surface area (Å²) in [4.78, 5) is 14.7. The van der Waals surface area contributed by atoms with Crippen LogP contribution >= 0.6 is 12.4 Å². The van der Waals surface area contributed by atoms with Crippen LogP contribution in [0.3, 0.4) is 0 Å². The molecule has 1 saturated heterocycles. The van der Waals surface area contributed by atoms with E-state index in [-0.39, 0.29) is 30.5 Å². The van der Waals surface area contributed by atoms with Gasteiger partial charge >= 0.3 is 0 Å². The molecule has 130 valence electrons. The molecule has 1 aliphatic heterocycles. The smallest absolute Gasteiger partial charge is 0.227 e. The second-order valence-corrected chi connectivity index (χ2v) is 6.56. The number of carbonyl (C=O) groups excluding carboxylic acids is 1. The van der Waals surface area contributed by atoms with E-state index in [0.29, 0.717) is 18.9 Å². The van der Waals surface area contributed by atoms with Gasteiger partial charge in [0.05, 0.1) is 12.5 Å². The third-order valence-electron chi connectivity index (χ3n) is 4.25. The van der Waals surface area contributed by atoms with Gasteiger partial charge in [-0.05, 0) is 38.7 Å². The molecule has 1 amide bonds. The van der Waals surface area contributed by atoms with Crippen molar-refractivity contribution in [1.29, 1.82) is 0 Å². The largest absolute Gasteiger partial charge is 0.491 e. The number of benzene rings is 1. The monoisotopic (exact) mass is 340 g/mol. The van der Waals surface area contributed by atoms with Gasteiger partial charge in [0.15, 0.2) is 0 Å². The third-order valence-corrected chi connectivity index (χ3v) is 4.25. The lowest BCUT2D eigenvalue weighted by Gasteiger charge is -2.38. The molecule has 1 fully saturated rings. The van der Waals surface area contributed by atoms with E-state index in [1.807, 2.05) is 43.0 Å². The molecule has 0 radical (unpaired) electrons. The van der Waals surface area contributed by atoms with Crippen molar-refractivity contribution in [2.45, 2.75) is 52.2 Å². The number of rotatable bonds is 5. The summed E-state index contributed by atoms with van der Waals surface area (Å²) in [6, 6.07) is 7.97. The summed E-state index contributed by atoms with van der Waals surface area (Å²) in [7, 11) is 0. The van der Waals surface area contributed by atoms with Crippen LogP contribution in [0, 0.1) is 5.92 Å². The molecule has 2 N–H and O–H groups in total. The van der Waals surface area contributed by atoms with Gasteiger partial charge in [-0.3, -0.25) is 4.79 Å². The van der Waals surface area contributed by atoms with E-state index in [1.54, 1.807) is 0 Å². The van der Waals surface area contributed by atoms with E-state index in [1.165, 1.54) is 0 Å². The molecule has 0 spiro atoms. The highest BCUT2D eigenvalue weighted by Gasteiger charge is 2.29. The Kier molecular flexibility index (Phi) is 7.86. The fraction of sp³-hybridized carbons (Fsp3) is 0.611. The SMILES string of the molecule is CC1CCN(C(=O)Cc2ccccc2OC(C)C)C(CN)C1.Cl. The van der Waals surface area contributed by atoms with E-state index >= 15 is 0 Å². The number of likely N-dealkylation sites (tertiary alicyclic amines) is 1. The van der Waals surface area contributed by atoms with Gasteiger partial charge in [0.1, 0.15) is 5.75 Å². The van der Waals surface area contributed by atoms with Gasteiger partial charge in [0.2, 0.25) is 5.91 Å². The predicted octanol–water partition coefficient (Wildman–Crippen LogP) is 3.02. The van der Waals surface area contributed by atoms with Crippen molar-refractivity contribution in [2.75, 3.05) is 13.1 Å². The third kappa shape index (κ3) is 5.40. The minimum absolute atomic E-state index is 0. The fourth-order valence-corrected chi connectivity index (χ4v) is 3.09. The molecule has 1 heterocycles. The number of ether oxygens (including phenoxy) is 1. The van der Waals surface area contributed by atoms with Crippen LogP contribution in [0.4, 0.5) is 0 Å². The summed E-state index contributed by atoms with van der Waals surface area (Å²) in [5, 5.41) is 0. The molecule has 0 aliphatic carbocycles. The highest BCUT2D eigenvalue weighted by molar-refractivity contribution is 5.85. The van der Waals surface area contributed by atoms with Crippen molar-refractivity contribution in [3.8, 4) is 5.75 Å². The number of para-hydroxylation sites is 1. The number of halogens is 1. The Balaban J connectivity index is 0.00000264. The minimum Gasteiger partial charge on any atom is -0.491 e. The van der Waals surface area contributed by atoms with Crippen LogP contribution in [0.5, 0.6) is 5.75 Å². The molecule has 2 rings (SSSR count). The van der Waals surface area contributed by atoms with E-state index in [9.17, 15) is 4.79 Å². The van der Waals surface area contributed by atoms with Crippen molar-refractivity contribution >= 4 is 18.3 Å². The zero-order valence-electron chi connectivity index (χ0n) is 14.3. The Morgan fingerprint density at radius 3 is 2.74 bits per heavy atom. The number of nitrogens with zero attached hydrogens (tertiary/aromatic N) is 1. The second-order valence-electron chi connectivity index (χ2n) is 6.56. The van der Waals surface area contributed by atoms with Gasteiger partial charge in [0.25, 0.3) is 0 Å². The molecule has 23 heavy (non-hydrogen) atoms. The summed E-state index contributed by atoms with van der Waals surface area (Å²) in [5.74, 6) is 1.61. The molecular weight excluding hydrogens is 312 g/mol. The first-order chi connectivity index (χ1) is 10.5. The first-order valence-corrected chi connectivity index (χ1v) is 8.25. The molecule has 1 aromatic carbocycles. The van der Waals surface area contributed by atoms with Crippen molar-refractivity contribution in [2.24, 2.45) is 11.7 Å². The molecule has 4 nitrogen and oxygen atoms in total. The average molecular weight is 341 g/mol. The predicted molar refractivity (Wildman–Crippen MR) is 96.1 cm³/mol. The summed E-state index contributed by atoms with van der Waals surface area (Å²) in [6.07, 6.45) is 2.55. The Morgan fingerprint density at radius 1 is 1.39 bits per heavy atom. The van der Waals surface area contributed by atoms with Crippen LogP contribution in [-0.2, 0) is 11.2 Å². The molecule has 0 aromatic heterocycles. The van der Waals surface area contributed by atoms with Crippen LogP contribution in [-0.4, -0.2) is 36.0 Å². The van der Waals surface area contributed by atoms with E-state index in [4.69, 9.17) is 10.5 Å². The van der Waals surface area contributed by atoms with Crippen LogP contribution in [0.15, 0.2) is 24.3 Å². The Hall–Kier alpha value is -1.26. The Morgan fingerprint density at radius 2 is 2.09 bits per heavy atom. The maximum Gasteiger partial charge on any atom is 0.227 e. The number of nitrogens with two attached hydrogens (primary N) is 1. The molecule has 5 heteroatoms. The molecule has 0 bridgehead atoms. The first kappa shape index (κ1) is 19.8. The van der Waals surface area contributed by atoms with Gasteiger partial charge in [-0.25, -0.2) is 0 Å². The second kappa shape index (κ2) is 9.14. The standard InChI is InChI=1S/C18H28N2O2.ClH/c1-13(2)22-17-7-5-4-6-15(17)11-18(21)20-9-8-14(3)10-16(20)12-19;/h4-7,13-14,16H,8-12,19H2,1-3H3;1H. The molecule has 2 atom stereocenters. The number of carbonyl (C=O) groups is 1. The molecule has 2 unspecified atom stereocenters. The molecule has 0 saturated carbocycles. The van der Waals surface area contributed by atoms with Crippen molar-refractivity contribution < 1.29 is 9.53 Å². The van der Waals surface area contributed by atoms with Gasteiger partial charge in [0, 0.05) is 24.7 Å². The lowest BCUT2D eigenvalue weighted by Crippen LogP contribution is -2.49. The van der Waals surface area contributed by atoms with Crippen molar-refractivity contribution in [3.05, 3.63) is 29.8 Å². The van der Waals surface area contributed by atoms with Gasteiger partial charge < -0.3 is 15.4 Å². The van der Waals surface area contributed by atoms with Crippen molar-refractivity contribution in [1.82, 2.24) is 4.90 Å². The minimum atomic E-state index is 0. The van der Waals surface area contributed by atoms with Gasteiger partial charge in [-0.15, -0.1) is 12.4 Å². The number of piperidine rings is 1. The quantitative estimate of drug-likeness (QED) is 0.896. The number of amides is 1. The van der Waals surface area contributed by atoms with Crippen LogP contribution in [0.1, 0.15) is 39.2 Å². The lowest BCUT2D eigenvalue weighted by molar-refractivity contribution is -0.134. The highest BCUT2D eigenvalue weighted by Crippen LogP contribution is 2.25. The summed E-state index contributed by atoms with van der Waals surface area (Å²) in [6.45, 7) is 7.58. The number of hydrogen-bond donors (Lipinski definition) is 1. The zero-order valence-corrected chi connectivity index (χ0v) is 15.1. The normalized spacial score (nSPS) is 21.0. The van der Waals surface area contributed by atoms with Crippen molar-refractivity contribution in [3.63, 3.8) is 0 Å². The zero-order chi connectivity index (χ0) is 16.1. The molecule has 1 aromatic rings. The van der Waals surface area contributed by atoms with E-state index in [0.717, 1.165) is 30.7 Å². The first-order valence-electron chi connectivity index (χ1n) is 8.25. The maximum atomic E-state index is 12.7. The Bertz CT molecular complexity index is 508. The van der Waals surface area contributed by atoms with Crippen LogP contribution in [0.25, 0.3) is 0 Å². The summed E-state index contributed by atoms with van der Waals surface area (Å²) >= 11 is 0. The summed E-state index contributed by atoms with van der Waals surface area (Å²) in [5.41, 5.74) is 6.82. The maximum absolute atomic E-state index is 12.7. The molecular formula is C18H29ClN2O2. The molecule has 1 aliphatic rings. The van der Waals surface area contributed by atoms with Crippen LogP contribution < -0.4 is 10.5 Å². The fourth-order valence-electron chi connectivity index (χ4n) is 3.09. The van der Waals surface area contributed by atoms with Gasteiger partial charge in [-0.2, -0.15) is 0 Å².